The smallest absolute Gasteiger partial charge is 0.376 e. The molecule has 0 aliphatic heterocycles. The van der Waals surface area contributed by atoms with E-state index in [1.165, 1.54) is 0 Å². The number of ether oxygens (including phenoxy) is 1. The Morgan fingerprint density at radius 3 is 1.93 bits per heavy atom. The van der Waals surface area contributed by atoms with Gasteiger partial charge in [0.2, 0.25) is 0 Å². The summed E-state index contributed by atoms with van der Waals surface area (Å²) in [6, 6.07) is 0. The average Bonchev–Trinajstić information content (AvgIpc) is 1.75. The standard InChI is InChI=1S/C9H21O5P/c1-8(2,3)13-7-6-9(4,5)14-15(10,11)12/h6-7H2,1-5H3,(H2,10,11,12). The molecule has 0 aromatic carbocycles. The Labute approximate surface area is 91.0 Å². The van der Waals surface area contributed by atoms with E-state index in [0.29, 0.717) is 13.0 Å². The summed E-state index contributed by atoms with van der Waals surface area (Å²) < 4.78 is 20.7. The highest BCUT2D eigenvalue weighted by atomic mass is 31.2. The normalized spacial score (nSPS) is 14.3. The van der Waals surface area contributed by atoms with Crippen molar-refractivity contribution in [2.45, 2.75) is 52.2 Å². The first-order chi connectivity index (χ1) is 6.41. The van der Waals surface area contributed by atoms with Crippen LogP contribution in [0.3, 0.4) is 0 Å². The van der Waals surface area contributed by atoms with Gasteiger partial charge in [-0.3, -0.25) is 4.52 Å². The number of hydrogen-bond acceptors (Lipinski definition) is 3. The molecule has 0 aromatic heterocycles. The van der Waals surface area contributed by atoms with Crippen LogP contribution in [0.1, 0.15) is 41.0 Å². The van der Waals surface area contributed by atoms with Crippen LogP contribution >= 0.6 is 7.82 Å². The van der Waals surface area contributed by atoms with Crippen LogP contribution in [0.2, 0.25) is 0 Å². The summed E-state index contributed by atoms with van der Waals surface area (Å²) in [5.74, 6) is 0. The van der Waals surface area contributed by atoms with Crippen LogP contribution in [0, 0.1) is 0 Å². The fourth-order valence-corrected chi connectivity index (χ4v) is 1.71. The highest BCUT2D eigenvalue weighted by Crippen LogP contribution is 2.42. The summed E-state index contributed by atoms with van der Waals surface area (Å²) >= 11 is 0. The maximum absolute atomic E-state index is 10.6. The molecule has 2 N–H and O–H groups in total. The van der Waals surface area contributed by atoms with Gasteiger partial charge in [0.05, 0.1) is 17.8 Å². The zero-order chi connectivity index (χ0) is 12.3. The molecule has 15 heavy (non-hydrogen) atoms. The maximum Gasteiger partial charge on any atom is 0.470 e. The van der Waals surface area contributed by atoms with Crippen molar-refractivity contribution in [3.8, 4) is 0 Å². The largest absolute Gasteiger partial charge is 0.470 e. The predicted octanol–water partition coefficient (Wildman–Crippen LogP) is 2.08. The SMILES string of the molecule is CC(C)(C)OCCC(C)(C)OP(=O)(O)O. The second-order valence-electron chi connectivity index (χ2n) is 5.05. The second-order valence-corrected chi connectivity index (χ2v) is 6.22. The lowest BCUT2D eigenvalue weighted by atomic mass is 10.1. The van der Waals surface area contributed by atoms with Gasteiger partial charge in [-0.1, -0.05) is 0 Å². The quantitative estimate of drug-likeness (QED) is 0.719. The first-order valence-corrected chi connectivity index (χ1v) is 6.35. The summed E-state index contributed by atoms with van der Waals surface area (Å²) in [5, 5.41) is 0. The first kappa shape index (κ1) is 15.1. The Kier molecular flexibility index (Phi) is 4.96. The summed E-state index contributed by atoms with van der Waals surface area (Å²) in [4.78, 5) is 17.3. The second kappa shape index (κ2) is 4.93. The van der Waals surface area contributed by atoms with E-state index in [1.54, 1.807) is 13.8 Å². The third-order valence-electron chi connectivity index (χ3n) is 1.61. The molecule has 0 rings (SSSR count). The molecule has 0 aliphatic rings. The Hall–Kier alpha value is 0.0700. The van der Waals surface area contributed by atoms with Crippen molar-refractivity contribution < 1.29 is 23.6 Å². The first-order valence-electron chi connectivity index (χ1n) is 4.82. The molecule has 0 aliphatic carbocycles. The van der Waals surface area contributed by atoms with E-state index in [1.807, 2.05) is 20.8 Å². The van der Waals surface area contributed by atoms with Gasteiger partial charge in [0, 0.05) is 0 Å². The molecule has 6 heteroatoms. The van der Waals surface area contributed by atoms with Gasteiger partial charge in [0.25, 0.3) is 0 Å². The van der Waals surface area contributed by atoms with Crippen molar-refractivity contribution in [2.24, 2.45) is 0 Å². The zero-order valence-corrected chi connectivity index (χ0v) is 10.9. The minimum absolute atomic E-state index is 0.252. The monoisotopic (exact) mass is 240 g/mol. The van der Waals surface area contributed by atoms with Crippen LogP contribution in [0.5, 0.6) is 0 Å². The molecule has 0 heterocycles. The fraction of sp³-hybridized carbons (Fsp3) is 1.00. The van der Waals surface area contributed by atoms with Gasteiger partial charge in [0.15, 0.2) is 0 Å². The van der Waals surface area contributed by atoms with Gasteiger partial charge in [-0.15, -0.1) is 0 Å². The van der Waals surface area contributed by atoms with E-state index >= 15 is 0 Å². The Balaban J connectivity index is 4.00. The van der Waals surface area contributed by atoms with Crippen LogP contribution in [0.25, 0.3) is 0 Å². The molecular formula is C9H21O5P. The summed E-state index contributed by atoms with van der Waals surface area (Å²) in [5.41, 5.74) is -1.14. The van der Waals surface area contributed by atoms with Crippen molar-refractivity contribution in [1.29, 1.82) is 0 Å². The van der Waals surface area contributed by atoms with Crippen molar-refractivity contribution in [3.63, 3.8) is 0 Å². The van der Waals surface area contributed by atoms with E-state index in [2.05, 4.69) is 4.52 Å². The van der Waals surface area contributed by atoms with Crippen LogP contribution in [-0.2, 0) is 13.8 Å². The highest BCUT2D eigenvalue weighted by molar-refractivity contribution is 7.46. The van der Waals surface area contributed by atoms with Crippen LogP contribution in [-0.4, -0.2) is 27.6 Å². The van der Waals surface area contributed by atoms with Crippen LogP contribution in [0.4, 0.5) is 0 Å². The van der Waals surface area contributed by atoms with Gasteiger partial charge < -0.3 is 14.5 Å². The van der Waals surface area contributed by atoms with Crippen molar-refractivity contribution in [2.75, 3.05) is 6.61 Å². The Bertz CT molecular complexity index is 237. The van der Waals surface area contributed by atoms with Gasteiger partial charge in [-0.2, -0.15) is 0 Å². The topological polar surface area (TPSA) is 76.0 Å². The van der Waals surface area contributed by atoms with Crippen LogP contribution in [0.15, 0.2) is 0 Å². The summed E-state index contributed by atoms with van der Waals surface area (Å²) in [6.07, 6.45) is 0.426. The highest BCUT2D eigenvalue weighted by Gasteiger charge is 2.29. The molecule has 0 saturated heterocycles. The van der Waals surface area contributed by atoms with Gasteiger partial charge in [-0.05, 0) is 41.0 Å². The van der Waals surface area contributed by atoms with Gasteiger partial charge in [0.1, 0.15) is 0 Å². The lowest BCUT2D eigenvalue weighted by molar-refractivity contribution is -0.0343. The van der Waals surface area contributed by atoms with E-state index in [9.17, 15) is 4.57 Å². The summed E-state index contributed by atoms with van der Waals surface area (Å²) in [7, 11) is -4.42. The van der Waals surface area contributed by atoms with Crippen molar-refractivity contribution >= 4 is 7.82 Å². The van der Waals surface area contributed by atoms with E-state index in [-0.39, 0.29) is 5.60 Å². The molecule has 0 aromatic rings. The molecule has 0 atom stereocenters. The van der Waals surface area contributed by atoms with Crippen LogP contribution < -0.4 is 0 Å². The maximum atomic E-state index is 10.6. The van der Waals surface area contributed by atoms with Gasteiger partial charge in [-0.25, -0.2) is 4.57 Å². The van der Waals surface area contributed by atoms with E-state index < -0.39 is 13.4 Å². The molecule has 92 valence electrons. The summed E-state index contributed by atoms with van der Waals surface area (Å²) in [6.45, 7) is 9.41. The van der Waals surface area contributed by atoms with Gasteiger partial charge >= 0.3 is 7.82 Å². The van der Waals surface area contributed by atoms with E-state index in [4.69, 9.17) is 14.5 Å². The minimum atomic E-state index is -4.42. The average molecular weight is 240 g/mol. The Morgan fingerprint density at radius 1 is 1.13 bits per heavy atom. The molecule has 0 amide bonds. The molecule has 0 fully saturated rings. The lowest BCUT2D eigenvalue weighted by Gasteiger charge is -2.27. The molecule has 5 nitrogen and oxygen atoms in total. The third-order valence-corrected chi connectivity index (χ3v) is 2.34. The molecule has 0 bridgehead atoms. The number of hydrogen-bond donors (Lipinski definition) is 2. The third kappa shape index (κ3) is 10.4. The van der Waals surface area contributed by atoms with Crippen molar-refractivity contribution in [1.82, 2.24) is 0 Å². The molecular weight excluding hydrogens is 219 g/mol. The Morgan fingerprint density at radius 2 is 1.60 bits per heavy atom. The lowest BCUT2D eigenvalue weighted by Crippen LogP contribution is -2.28. The number of rotatable bonds is 5. The molecule has 0 unspecified atom stereocenters. The number of phosphoric ester groups is 1. The predicted molar refractivity (Wildman–Crippen MR) is 57.5 cm³/mol. The molecule has 0 spiro atoms. The fourth-order valence-electron chi connectivity index (χ4n) is 0.971. The van der Waals surface area contributed by atoms with Crippen molar-refractivity contribution in [3.05, 3.63) is 0 Å². The molecule has 0 radical (unpaired) electrons. The number of phosphoric acid groups is 1. The minimum Gasteiger partial charge on any atom is -0.376 e. The van der Waals surface area contributed by atoms with E-state index in [0.717, 1.165) is 0 Å². The zero-order valence-electron chi connectivity index (χ0n) is 9.98. The molecule has 0 saturated carbocycles.